The van der Waals surface area contributed by atoms with Crippen LogP contribution in [-0.4, -0.2) is 35.6 Å². The molecule has 1 fully saturated rings. The van der Waals surface area contributed by atoms with Crippen LogP contribution in [0.25, 0.3) is 0 Å². The Morgan fingerprint density at radius 1 is 1.41 bits per heavy atom. The van der Waals surface area contributed by atoms with Crippen molar-refractivity contribution >= 4 is 5.91 Å². The highest BCUT2D eigenvalue weighted by Gasteiger charge is 2.30. The second kappa shape index (κ2) is 6.32. The summed E-state index contributed by atoms with van der Waals surface area (Å²) < 4.78 is 5.14. The third-order valence-corrected chi connectivity index (χ3v) is 4.12. The summed E-state index contributed by atoms with van der Waals surface area (Å²) in [5.74, 6) is 0.223. The minimum atomic E-state index is -0.0910. The molecule has 1 saturated heterocycles. The van der Waals surface area contributed by atoms with Crippen molar-refractivity contribution in [1.82, 2.24) is 15.4 Å². The number of hydrogen-bond acceptors (Lipinski definition) is 4. The van der Waals surface area contributed by atoms with Crippen LogP contribution in [0.4, 0.5) is 0 Å². The first-order chi connectivity index (χ1) is 10.7. The zero-order valence-corrected chi connectivity index (χ0v) is 13.0. The maximum Gasteiger partial charge on any atom is 0.293 e. The van der Waals surface area contributed by atoms with Gasteiger partial charge in [0, 0.05) is 25.7 Å². The maximum atomic E-state index is 12.7. The number of carbonyl (C=O) groups is 1. The molecule has 1 amide bonds. The lowest BCUT2D eigenvalue weighted by molar-refractivity contribution is 0.0592. The van der Waals surface area contributed by atoms with Crippen LogP contribution in [0, 0.1) is 6.92 Å². The Balaban J connectivity index is 1.85. The van der Waals surface area contributed by atoms with Crippen molar-refractivity contribution in [3.8, 4) is 0 Å². The average Bonchev–Trinajstić information content (AvgIpc) is 3.01. The van der Waals surface area contributed by atoms with Gasteiger partial charge in [0.2, 0.25) is 5.76 Å². The van der Waals surface area contributed by atoms with Crippen LogP contribution < -0.4 is 5.32 Å². The average molecular weight is 299 g/mol. The molecule has 5 nitrogen and oxygen atoms in total. The van der Waals surface area contributed by atoms with Gasteiger partial charge in [-0.3, -0.25) is 4.79 Å². The van der Waals surface area contributed by atoms with Crippen molar-refractivity contribution in [2.24, 2.45) is 0 Å². The van der Waals surface area contributed by atoms with E-state index in [0.717, 1.165) is 30.8 Å². The molecule has 1 aliphatic heterocycles. The zero-order valence-electron chi connectivity index (χ0n) is 13.0. The van der Waals surface area contributed by atoms with Crippen LogP contribution >= 0.6 is 0 Å². The molecular formula is C17H21N3O2. The van der Waals surface area contributed by atoms with Gasteiger partial charge in [-0.1, -0.05) is 36.3 Å². The SMILES string of the molecule is CCc1ccc(C2CNCCN2C(=O)c2cc(C)no2)cc1. The Kier molecular flexibility index (Phi) is 4.24. The van der Waals surface area contributed by atoms with E-state index in [1.807, 2.05) is 11.8 Å². The fourth-order valence-electron chi connectivity index (χ4n) is 2.83. The summed E-state index contributed by atoms with van der Waals surface area (Å²) in [5.41, 5.74) is 3.17. The van der Waals surface area contributed by atoms with Gasteiger partial charge >= 0.3 is 0 Å². The number of carbonyl (C=O) groups excluding carboxylic acids is 1. The van der Waals surface area contributed by atoms with Crippen LogP contribution in [-0.2, 0) is 6.42 Å². The highest BCUT2D eigenvalue weighted by Crippen LogP contribution is 2.25. The number of aryl methyl sites for hydroxylation is 2. The second-order valence-corrected chi connectivity index (χ2v) is 5.65. The van der Waals surface area contributed by atoms with Crippen molar-refractivity contribution < 1.29 is 9.32 Å². The number of hydrogen-bond donors (Lipinski definition) is 1. The Morgan fingerprint density at radius 2 is 2.18 bits per heavy atom. The van der Waals surface area contributed by atoms with Crippen LogP contribution in [0.5, 0.6) is 0 Å². The van der Waals surface area contributed by atoms with Crippen LogP contribution in [0.1, 0.15) is 40.3 Å². The standard InChI is InChI=1S/C17H21N3O2/c1-3-13-4-6-14(7-5-13)15-11-18-8-9-20(15)17(21)16-10-12(2)19-22-16/h4-7,10,15,18H,3,8-9,11H2,1-2H3. The summed E-state index contributed by atoms with van der Waals surface area (Å²) in [5, 5.41) is 7.18. The van der Waals surface area contributed by atoms with Crippen LogP contribution in [0.15, 0.2) is 34.9 Å². The first kappa shape index (κ1) is 14.8. The monoisotopic (exact) mass is 299 g/mol. The van der Waals surface area contributed by atoms with E-state index < -0.39 is 0 Å². The molecule has 1 aromatic heterocycles. The van der Waals surface area contributed by atoms with Crippen molar-refractivity contribution in [3.63, 3.8) is 0 Å². The Morgan fingerprint density at radius 3 is 2.82 bits per heavy atom. The van der Waals surface area contributed by atoms with Crippen molar-refractivity contribution in [2.45, 2.75) is 26.3 Å². The summed E-state index contributed by atoms with van der Waals surface area (Å²) >= 11 is 0. The Labute approximate surface area is 130 Å². The van der Waals surface area contributed by atoms with E-state index in [0.29, 0.717) is 12.3 Å². The predicted molar refractivity (Wildman–Crippen MR) is 83.7 cm³/mol. The molecule has 3 rings (SSSR count). The van der Waals surface area contributed by atoms with E-state index in [1.54, 1.807) is 6.07 Å². The topological polar surface area (TPSA) is 58.4 Å². The van der Waals surface area contributed by atoms with E-state index in [1.165, 1.54) is 5.56 Å². The molecule has 22 heavy (non-hydrogen) atoms. The molecule has 0 radical (unpaired) electrons. The van der Waals surface area contributed by atoms with E-state index in [4.69, 9.17) is 4.52 Å². The van der Waals surface area contributed by atoms with Gasteiger partial charge in [0.1, 0.15) is 0 Å². The number of nitrogens with one attached hydrogen (secondary N) is 1. The molecule has 2 heterocycles. The fraction of sp³-hybridized carbons (Fsp3) is 0.412. The molecule has 116 valence electrons. The first-order valence-corrected chi connectivity index (χ1v) is 7.73. The lowest BCUT2D eigenvalue weighted by Gasteiger charge is -2.36. The zero-order chi connectivity index (χ0) is 15.5. The number of rotatable bonds is 3. The van der Waals surface area contributed by atoms with Gasteiger partial charge in [-0.25, -0.2) is 0 Å². The largest absolute Gasteiger partial charge is 0.351 e. The molecule has 0 aliphatic carbocycles. The van der Waals surface area contributed by atoms with Gasteiger partial charge in [-0.15, -0.1) is 0 Å². The molecule has 1 unspecified atom stereocenters. The molecular weight excluding hydrogens is 278 g/mol. The third kappa shape index (κ3) is 2.90. The molecule has 0 spiro atoms. The molecule has 1 aromatic carbocycles. The van der Waals surface area contributed by atoms with Gasteiger partial charge in [0.25, 0.3) is 5.91 Å². The summed E-state index contributed by atoms with van der Waals surface area (Å²) in [7, 11) is 0. The summed E-state index contributed by atoms with van der Waals surface area (Å²) in [6, 6.07) is 10.2. The van der Waals surface area contributed by atoms with Crippen molar-refractivity contribution in [2.75, 3.05) is 19.6 Å². The van der Waals surface area contributed by atoms with E-state index in [2.05, 4.69) is 41.7 Å². The van der Waals surface area contributed by atoms with E-state index >= 15 is 0 Å². The number of nitrogens with zero attached hydrogens (tertiary/aromatic N) is 2. The lowest BCUT2D eigenvalue weighted by Crippen LogP contribution is -2.48. The third-order valence-electron chi connectivity index (χ3n) is 4.12. The van der Waals surface area contributed by atoms with E-state index in [-0.39, 0.29) is 11.9 Å². The highest BCUT2D eigenvalue weighted by molar-refractivity contribution is 5.91. The molecule has 2 aromatic rings. The van der Waals surface area contributed by atoms with Crippen LogP contribution in [0.2, 0.25) is 0 Å². The minimum absolute atomic E-state index is 0.0255. The number of piperazine rings is 1. The molecule has 1 N–H and O–H groups in total. The fourth-order valence-corrected chi connectivity index (χ4v) is 2.83. The van der Waals surface area contributed by atoms with Crippen molar-refractivity contribution in [3.05, 3.63) is 52.9 Å². The Bertz CT molecular complexity index is 648. The Hall–Kier alpha value is -2.14. The van der Waals surface area contributed by atoms with Gasteiger partial charge in [0.15, 0.2) is 0 Å². The number of aromatic nitrogens is 1. The highest BCUT2D eigenvalue weighted by atomic mass is 16.5. The predicted octanol–water partition coefficient (Wildman–Crippen LogP) is 2.33. The lowest BCUT2D eigenvalue weighted by atomic mass is 10.0. The summed E-state index contributed by atoms with van der Waals surface area (Å²) in [6.45, 7) is 6.17. The van der Waals surface area contributed by atoms with E-state index in [9.17, 15) is 4.79 Å². The van der Waals surface area contributed by atoms with Gasteiger partial charge in [0.05, 0.1) is 11.7 Å². The molecule has 5 heteroatoms. The number of amides is 1. The minimum Gasteiger partial charge on any atom is -0.351 e. The smallest absolute Gasteiger partial charge is 0.293 e. The van der Waals surface area contributed by atoms with Gasteiger partial charge in [-0.05, 0) is 24.5 Å². The summed E-state index contributed by atoms with van der Waals surface area (Å²) in [6.07, 6.45) is 1.02. The van der Waals surface area contributed by atoms with Gasteiger partial charge in [-0.2, -0.15) is 0 Å². The first-order valence-electron chi connectivity index (χ1n) is 7.73. The quantitative estimate of drug-likeness (QED) is 0.945. The normalized spacial score (nSPS) is 18.5. The van der Waals surface area contributed by atoms with Gasteiger partial charge < -0.3 is 14.7 Å². The summed E-state index contributed by atoms with van der Waals surface area (Å²) in [4.78, 5) is 14.6. The van der Waals surface area contributed by atoms with Crippen LogP contribution in [0.3, 0.4) is 0 Å². The molecule has 0 bridgehead atoms. The molecule has 0 saturated carbocycles. The number of benzene rings is 1. The second-order valence-electron chi connectivity index (χ2n) is 5.65. The van der Waals surface area contributed by atoms with Crippen molar-refractivity contribution in [1.29, 1.82) is 0 Å². The molecule has 1 atom stereocenters. The maximum absolute atomic E-state index is 12.7. The molecule has 1 aliphatic rings.